The van der Waals surface area contributed by atoms with Crippen LogP contribution in [0.3, 0.4) is 0 Å². The molecular formula is C16H24ClFN2O. The Balaban J connectivity index is 0.00000220. The Morgan fingerprint density at radius 2 is 2.00 bits per heavy atom. The molecule has 21 heavy (non-hydrogen) atoms. The first-order valence-corrected chi connectivity index (χ1v) is 7.36. The summed E-state index contributed by atoms with van der Waals surface area (Å²) in [5.41, 5.74) is 0.495. The van der Waals surface area contributed by atoms with Crippen molar-refractivity contribution in [3.63, 3.8) is 0 Å². The highest BCUT2D eigenvalue weighted by molar-refractivity contribution is 5.85. The molecule has 1 aliphatic rings. The van der Waals surface area contributed by atoms with Gasteiger partial charge in [-0.05, 0) is 50.4 Å². The SMILES string of the molecule is CNCCC1CCN(C(=O)Cc2ccccc2F)CC1.Cl. The van der Waals surface area contributed by atoms with Crippen LogP contribution in [0.5, 0.6) is 0 Å². The average Bonchev–Trinajstić information content (AvgIpc) is 2.48. The zero-order valence-electron chi connectivity index (χ0n) is 12.5. The Morgan fingerprint density at radius 3 is 2.62 bits per heavy atom. The standard InChI is InChI=1S/C16H23FN2O.ClH/c1-18-9-6-13-7-10-19(11-8-13)16(20)12-14-4-2-3-5-15(14)17;/h2-5,13,18H,6-12H2,1H3;1H. The van der Waals surface area contributed by atoms with Gasteiger partial charge in [-0.2, -0.15) is 0 Å². The second-order valence-electron chi connectivity index (χ2n) is 5.48. The van der Waals surface area contributed by atoms with Crippen LogP contribution in [0.15, 0.2) is 24.3 Å². The molecule has 0 atom stereocenters. The number of carbonyl (C=O) groups excluding carboxylic acids is 1. The normalized spacial score (nSPS) is 15.6. The van der Waals surface area contributed by atoms with Crippen LogP contribution in [0.1, 0.15) is 24.8 Å². The first-order valence-electron chi connectivity index (χ1n) is 7.36. The third-order valence-electron chi connectivity index (χ3n) is 4.07. The predicted molar refractivity (Wildman–Crippen MR) is 85.2 cm³/mol. The number of nitrogens with one attached hydrogen (secondary N) is 1. The number of likely N-dealkylation sites (tertiary alicyclic amines) is 1. The molecule has 1 aromatic rings. The summed E-state index contributed by atoms with van der Waals surface area (Å²) in [6.07, 6.45) is 3.47. The molecule has 1 N–H and O–H groups in total. The van der Waals surface area contributed by atoms with Gasteiger partial charge >= 0.3 is 0 Å². The maximum Gasteiger partial charge on any atom is 0.227 e. The maximum absolute atomic E-state index is 13.5. The Labute approximate surface area is 132 Å². The fourth-order valence-corrected chi connectivity index (χ4v) is 2.74. The minimum atomic E-state index is -0.287. The minimum Gasteiger partial charge on any atom is -0.342 e. The molecule has 3 nitrogen and oxygen atoms in total. The first kappa shape index (κ1) is 17.9. The highest BCUT2D eigenvalue weighted by Crippen LogP contribution is 2.21. The summed E-state index contributed by atoms with van der Waals surface area (Å²) in [5.74, 6) is 0.465. The lowest BCUT2D eigenvalue weighted by Crippen LogP contribution is -2.39. The molecule has 0 saturated carbocycles. The molecular weight excluding hydrogens is 291 g/mol. The molecule has 1 aliphatic heterocycles. The number of halogens is 2. The van der Waals surface area contributed by atoms with Crippen molar-refractivity contribution >= 4 is 18.3 Å². The van der Waals surface area contributed by atoms with Crippen molar-refractivity contribution in [1.82, 2.24) is 10.2 Å². The lowest BCUT2D eigenvalue weighted by molar-refractivity contribution is -0.131. The van der Waals surface area contributed by atoms with Crippen molar-refractivity contribution < 1.29 is 9.18 Å². The van der Waals surface area contributed by atoms with Crippen LogP contribution >= 0.6 is 12.4 Å². The smallest absolute Gasteiger partial charge is 0.227 e. The molecule has 1 aromatic carbocycles. The van der Waals surface area contributed by atoms with Crippen molar-refractivity contribution in [3.05, 3.63) is 35.6 Å². The van der Waals surface area contributed by atoms with Gasteiger partial charge in [0.2, 0.25) is 5.91 Å². The molecule has 5 heteroatoms. The van der Waals surface area contributed by atoms with Gasteiger partial charge in [0, 0.05) is 13.1 Å². The third-order valence-corrected chi connectivity index (χ3v) is 4.07. The average molecular weight is 315 g/mol. The highest BCUT2D eigenvalue weighted by atomic mass is 35.5. The van der Waals surface area contributed by atoms with E-state index >= 15 is 0 Å². The molecule has 0 unspecified atom stereocenters. The van der Waals surface area contributed by atoms with Gasteiger partial charge in [0.15, 0.2) is 0 Å². The number of piperidine rings is 1. The van der Waals surface area contributed by atoms with Crippen molar-refractivity contribution in [2.45, 2.75) is 25.7 Å². The van der Waals surface area contributed by atoms with Crippen molar-refractivity contribution in [1.29, 1.82) is 0 Å². The van der Waals surface area contributed by atoms with Gasteiger partial charge in [0.05, 0.1) is 6.42 Å². The van der Waals surface area contributed by atoms with Gasteiger partial charge in [0.1, 0.15) is 5.82 Å². The lowest BCUT2D eigenvalue weighted by Gasteiger charge is -2.32. The first-order chi connectivity index (χ1) is 9.70. The van der Waals surface area contributed by atoms with E-state index in [0.717, 1.165) is 32.5 Å². The van der Waals surface area contributed by atoms with Crippen LogP contribution in [0.4, 0.5) is 4.39 Å². The van der Waals surface area contributed by atoms with Crippen LogP contribution in [0.2, 0.25) is 0 Å². The molecule has 1 fully saturated rings. The van der Waals surface area contributed by atoms with E-state index in [-0.39, 0.29) is 30.6 Å². The summed E-state index contributed by atoms with van der Waals surface area (Å²) in [7, 11) is 1.97. The van der Waals surface area contributed by atoms with Crippen molar-refractivity contribution in [3.8, 4) is 0 Å². The minimum absolute atomic E-state index is 0. The van der Waals surface area contributed by atoms with Crippen LogP contribution in [-0.2, 0) is 11.2 Å². The summed E-state index contributed by atoms with van der Waals surface area (Å²) in [4.78, 5) is 14.1. The molecule has 0 aromatic heterocycles. The summed E-state index contributed by atoms with van der Waals surface area (Å²) >= 11 is 0. The van der Waals surface area contributed by atoms with E-state index in [1.54, 1.807) is 18.2 Å². The number of amides is 1. The van der Waals surface area contributed by atoms with E-state index in [2.05, 4.69) is 5.32 Å². The number of hydrogen-bond acceptors (Lipinski definition) is 2. The Hall–Kier alpha value is -1.13. The van der Waals surface area contributed by atoms with E-state index in [1.807, 2.05) is 11.9 Å². The van der Waals surface area contributed by atoms with Gasteiger partial charge in [-0.1, -0.05) is 18.2 Å². The van der Waals surface area contributed by atoms with Gasteiger partial charge in [0.25, 0.3) is 0 Å². The fraction of sp³-hybridized carbons (Fsp3) is 0.562. The second kappa shape index (κ2) is 9.00. The molecule has 1 heterocycles. The van der Waals surface area contributed by atoms with E-state index < -0.39 is 0 Å². The topological polar surface area (TPSA) is 32.3 Å². The Morgan fingerprint density at radius 1 is 1.33 bits per heavy atom. The van der Waals surface area contributed by atoms with Crippen LogP contribution in [-0.4, -0.2) is 37.5 Å². The molecule has 118 valence electrons. The molecule has 0 radical (unpaired) electrons. The van der Waals surface area contributed by atoms with E-state index in [4.69, 9.17) is 0 Å². The van der Waals surface area contributed by atoms with Crippen LogP contribution in [0, 0.1) is 11.7 Å². The second-order valence-corrected chi connectivity index (χ2v) is 5.48. The predicted octanol–water partition coefficient (Wildman–Crippen LogP) is 2.64. The lowest BCUT2D eigenvalue weighted by atomic mass is 9.93. The van der Waals surface area contributed by atoms with Gasteiger partial charge in [-0.25, -0.2) is 4.39 Å². The Bertz CT molecular complexity index is 448. The van der Waals surface area contributed by atoms with Gasteiger partial charge < -0.3 is 10.2 Å². The maximum atomic E-state index is 13.5. The molecule has 1 amide bonds. The summed E-state index contributed by atoms with van der Waals surface area (Å²) in [6.45, 7) is 2.65. The molecule has 2 rings (SSSR count). The largest absolute Gasteiger partial charge is 0.342 e. The van der Waals surface area contributed by atoms with E-state index in [1.165, 1.54) is 12.5 Å². The van der Waals surface area contributed by atoms with E-state index in [9.17, 15) is 9.18 Å². The molecule has 0 spiro atoms. The number of carbonyl (C=O) groups is 1. The van der Waals surface area contributed by atoms with Gasteiger partial charge in [-0.3, -0.25) is 4.79 Å². The third kappa shape index (κ3) is 5.29. The monoisotopic (exact) mass is 314 g/mol. The number of rotatable bonds is 5. The summed E-state index contributed by atoms with van der Waals surface area (Å²) in [6, 6.07) is 6.52. The Kier molecular flexibility index (Phi) is 7.68. The molecule has 1 saturated heterocycles. The molecule has 0 bridgehead atoms. The number of benzene rings is 1. The summed E-state index contributed by atoms with van der Waals surface area (Å²) < 4.78 is 13.5. The highest BCUT2D eigenvalue weighted by Gasteiger charge is 2.22. The number of nitrogens with zero attached hydrogens (tertiary/aromatic N) is 1. The zero-order chi connectivity index (χ0) is 14.4. The fourth-order valence-electron chi connectivity index (χ4n) is 2.74. The van der Waals surface area contributed by atoms with Crippen molar-refractivity contribution in [2.75, 3.05) is 26.7 Å². The van der Waals surface area contributed by atoms with Crippen LogP contribution in [0.25, 0.3) is 0 Å². The molecule has 0 aliphatic carbocycles. The van der Waals surface area contributed by atoms with Crippen LogP contribution < -0.4 is 5.32 Å². The van der Waals surface area contributed by atoms with E-state index in [0.29, 0.717) is 11.5 Å². The number of hydrogen-bond donors (Lipinski definition) is 1. The van der Waals surface area contributed by atoms with Crippen molar-refractivity contribution in [2.24, 2.45) is 5.92 Å². The summed E-state index contributed by atoms with van der Waals surface area (Å²) in [5, 5.41) is 3.17. The zero-order valence-corrected chi connectivity index (χ0v) is 13.3. The quantitative estimate of drug-likeness (QED) is 0.906. The van der Waals surface area contributed by atoms with Gasteiger partial charge in [-0.15, -0.1) is 12.4 Å².